The van der Waals surface area contributed by atoms with Crippen LogP contribution >= 0.6 is 0 Å². The molecule has 0 radical (unpaired) electrons. The average molecular weight is 251 g/mol. The van der Waals surface area contributed by atoms with Gasteiger partial charge in [-0.25, -0.2) is 0 Å². The molecule has 0 bridgehead atoms. The highest BCUT2D eigenvalue weighted by molar-refractivity contribution is 5.70. The van der Waals surface area contributed by atoms with Crippen LogP contribution in [0.25, 0.3) is 0 Å². The summed E-state index contributed by atoms with van der Waals surface area (Å²) in [6.45, 7) is 3.43. The minimum atomic E-state index is -0.421. The van der Waals surface area contributed by atoms with E-state index in [2.05, 4.69) is 0 Å². The highest BCUT2D eigenvalue weighted by Gasteiger charge is 2.12. The van der Waals surface area contributed by atoms with Crippen LogP contribution in [0.2, 0.25) is 0 Å². The Morgan fingerprint density at radius 3 is 2.39 bits per heavy atom. The van der Waals surface area contributed by atoms with Gasteiger partial charge in [0, 0.05) is 13.0 Å². The van der Waals surface area contributed by atoms with Gasteiger partial charge < -0.3 is 15.2 Å². The third-order valence-corrected chi connectivity index (χ3v) is 2.26. The molecule has 5 heteroatoms. The highest BCUT2D eigenvalue weighted by atomic mass is 16.5. The van der Waals surface area contributed by atoms with Crippen molar-refractivity contribution in [2.45, 2.75) is 26.3 Å². The van der Waals surface area contributed by atoms with Crippen LogP contribution in [0.5, 0.6) is 5.75 Å². The van der Waals surface area contributed by atoms with E-state index in [1.54, 1.807) is 31.2 Å². The second-order valence-corrected chi connectivity index (χ2v) is 3.78. The number of benzene rings is 1. The van der Waals surface area contributed by atoms with Crippen LogP contribution in [0.15, 0.2) is 24.3 Å². The molecule has 0 aliphatic heterocycles. The van der Waals surface area contributed by atoms with Gasteiger partial charge in [-0.3, -0.25) is 9.59 Å². The third-order valence-electron chi connectivity index (χ3n) is 2.26. The summed E-state index contributed by atoms with van der Waals surface area (Å²) in [6.07, 6.45) is 0.126. The zero-order chi connectivity index (χ0) is 13.5. The number of carbonyl (C=O) groups is 2. The van der Waals surface area contributed by atoms with E-state index in [9.17, 15) is 9.59 Å². The Morgan fingerprint density at radius 2 is 1.89 bits per heavy atom. The fourth-order valence-corrected chi connectivity index (χ4v) is 1.47. The van der Waals surface area contributed by atoms with Crippen molar-refractivity contribution in [1.29, 1.82) is 0 Å². The number of hydrogen-bond acceptors (Lipinski definition) is 5. The number of hydrogen-bond donors (Lipinski definition) is 1. The molecular formula is C13H17NO4. The third kappa shape index (κ3) is 4.55. The van der Waals surface area contributed by atoms with E-state index < -0.39 is 6.04 Å². The molecule has 0 spiro atoms. The van der Waals surface area contributed by atoms with E-state index >= 15 is 0 Å². The Bertz CT molecular complexity index is 414. The lowest BCUT2D eigenvalue weighted by Crippen LogP contribution is -2.17. The molecule has 0 fully saturated rings. The zero-order valence-electron chi connectivity index (χ0n) is 10.5. The Labute approximate surface area is 106 Å². The molecule has 1 aromatic carbocycles. The lowest BCUT2D eigenvalue weighted by atomic mass is 10.0. The van der Waals surface area contributed by atoms with E-state index in [0.29, 0.717) is 12.4 Å². The minimum absolute atomic E-state index is 0.126. The lowest BCUT2D eigenvalue weighted by Gasteiger charge is -2.11. The van der Waals surface area contributed by atoms with Crippen LogP contribution in [0.4, 0.5) is 0 Å². The summed E-state index contributed by atoms with van der Waals surface area (Å²) >= 11 is 0. The monoisotopic (exact) mass is 251 g/mol. The molecule has 0 saturated heterocycles. The van der Waals surface area contributed by atoms with Gasteiger partial charge in [0.15, 0.2) is 0 Å². The van der Waals surface area contributed by atoms with Gasteiger partial charge in [-0.05, 0) is 24.6 Å². The molecule has 0 aliphatic rings. The average Bonchev–Trinajstić information content (AvgIpc) is 2.29. The number of esters is 2. The van der Waals surface area contributed by atoms with Gasteiger partial charge in [-0.1, -0.05) is 12.1 Å². The van der Waals surface area contributed by atoms with Gasteiger partial charge in [0.1, 0.15) is 5.75 Å². The summed E-state index contributed by atoms with van der Waals surface area (Å²) in [6, 6.07) is 6.31. The molecule has 0 amide bonds. The molecule has 98 valence electrons. The normalized spacial score (nSPS) is 11.7. The Hall–Kier alpha value is -1.88. The predicted molar refractivity (Wildman–Crippen MR) is 65.9 cm³/mol. The van der Waals surface area contributed by atoms with E-state index in [1.807, 2.05) is 0 Å². The first-order chi connectivity index (χ1) is 8.52. The van der Waals surface area contributed by atoms with E-state index in [0.717, 1.165) is 5.56 Å². The van der Waals surface area contributed by atoms with Crippen molar-refractivity contribution < 1.29 is 19.1 Å². The van der Waals surface area contributed by atoms with Crippen molar-refractivity contribution in [1.82, 2.24) is 0 Å². The number of rotatable bonds is 5. The second-order valence-electron chi connectivity index (χ2n) is 3.78. The lowest BCUT2D eigenvalue weighted by molar-refractivity contribution is -0.143. The number of nitrogens with two attached hydrogens (primary N) is 1. The maximum atomic E-state index is 11.3. The Balaban J connectivity index is 2.61. The largest absolute Gasteiger partial charge is 0.466 e. The molecule has 1 rings (SSSR count). The summed E-state index contributed by atoms with van der Waals surface area (Å²) in [5.41, 5.74) is 6.66. The molecule has 2 N–H and O–H groups in total. The second kappa shape index (κ2) is 6.76. The number of ether oxygens (including phenoxy) is 2. The van der Waals surface area contributed by atoms with Gasteiger partial charge in [0.25, 0.3) is 0 Å². The van der Waals surface area contributed by atoms with Crippen molar-refractivity contribution in [2.75, 3.05) is 6.61 Å². The minimum Gasteiger partial charge on any atom is -0.466 e. The summed E-state index contributed by atoms with van der Waals surface area (Å²) in [7, 11) is 0. The first-order valence-electron chi connectivity index (χ1n) is 5.72. The SMILES string of the molecule is CCOC(=O)C[C@@H](N)c1ccc(OC(C)=O)cc1. The maximum Gasteiger partial charge on any atom is 0.308 e. The zero-order valence-corrected chi connectivity index (χ0v) is 10.5. The molecule has 0 aromatic heterocycles. The molecule has 0 aliphatic carbocycles. The topological polar surface area (TPSA) is 78.6 Å². The molecule has 0 unspecified atom stereocenters. The first kappa shape index (κ1) is 14.2. The van der Waals surface area contributed by atoms with E-state index in [-0.39, 0.29) is 18.4 Å². The van der Waals surface area contributed by atoms with E-state index in [4.69, 9.17) is 15.2 Å². The maximum absolute atomic E-state index is 11.3. The quantitative estimate of drug-likeness (QED) is 0.634. The van der Waals surface area contributed by atoms with Crippen molar-refractivity contribution >= 4 is 11.9 Å². The molecule has 0 saturated carbocycles. The number of carbonyl (C=O) groups excluding carboxylic acids is 2. The molecular weight excluding hydrogens is 234 g/mol. The van der Waals surface area contributed by atoms with Crippen LogP contribution in [-0.2, 0) is 14.3 Å². The standard InChI is InChI=1S/C13H17NO4/c1-3-17-13(16)8-12(14)10-4-6-11(7-5-10)18-9(2)15/h4-7,12H,3,8,14H2,1-2H3/t12-/m1/s1. The van der Waals surface area contributed by atoms with Crippen LogP contribution in [0.3, 0.4) is 0 Å². The van der Waals surface area contributed by atoms with Crippen molar-refractivity contribution in [2.24, 2.45) is 5.73 Å². The van der Waals surface area contributed by atoms with Crippen LogP contribution in [-0.4, -0.2) is 18.5 Å². The van der Waals surface area contributed by atoms with Crippen molar-refractivity contribution in [3.05, 3.63) is 29.8 Å². The van der Waals surface area contributed by atoms with Gasteiger partial charge in [-0.15, -0.1) is 0 Å². The molecule has 0 heterocycles. The Morgan fingerprint density at radius 1 is 1.28 bits per heavy atom. The van der Waals surface area contributed by atoms with Crippen LogP contribution in [0.1, 0.15) is 31.9 Å². The van der Waals surface area contributed by atoms with Gasteiger partial charge >= 0.3 is 11.9 Å². The van der Waals surface area contributed by atoms with Gasteiger partial charge in [0.2, 0.25) is 0 Å². The van der Waals surface area contributed by atoms with Crippen LogP contribution < -0.4 is 10.5 Å². The molecule has 1 atom stereocenters. The van der Waals surface area contributed by atoms with Crippen LogP contribution in [0, 0.1) is 0 Å². The molecule has 18 heavy (non-hydrogen) atoms. The van der Waals surface area contributed by atoms with Gasteiger partial charge in [0.05, 0.1) is 13.0 Å². The van der Waals surface area contributed by atoms with Crippen molar-refractivity contribution in [3.8, 4) is 5.75 Å². The Kier molecular flexibility index (Phi) is 5.32. The summed E-state index contributed by atoms with van der Waals surface area (Å²) in [4.78, 5) is 22.0. The van der Waals surface area contributed by atoms with E-state index in [1.165, 1.54) is 6.92 Å². The molecule has 5 nitrogen and oxygen atoms in total. The first-order valence-corrected chi connectivity index (χ1v) is 5.72. The summed E-state index contributed by atoms with van der Waals surface area (Å²) in [5, 5.41) is 0. The summed E-state index contributed by atoms with van der Waals surface area (Å²) < 4.78 is 9.72. The van der Waals surface area contributed by atoms with Crippen molar-refractivity contribution in [3.63, 3.8) is 0 Å². The van der Waals surface area contributed by atoms with Gasteiger partial charge in [-0.2, -0.15) is 0 Å². The summed E-state index contributed by atoms with van der Waals surface area (Å²) in [5.74, 6) is -0.248. The predicted octanol–water partition coefficient (Wildman–Crippen LogP) is 1.56. The fourth-order valence-electron chi connectivity index (χ4n) is 1.47. The smallest absolute Gasteiger partial charge is 0.308 e. The fraction of sp³-hybridized carbons (Fsp3) is 0.385. The molecule has 1 aromatic rings. The highest BCUT2D eigenvalue weighted by Crippen LogP contribution is 2.19.